The Bertz CT molecular complexity index is 822. The molecular formula is C22H24FNO3. The van der Waals surface area contributed by atoms with Crippen LogP contribution in [-0.4, -0.2) is 41.5 Å². The van der Waals surface area contributed by atoms with Crippen LogP contribution in [0.15, 0.2) is 42.5 Å². The lowest BCUT2D eigenvalue weighted by atomic mass is 10.0. The second kappa shape index (κ2) is 7.31. The highest BCUT2D eigenvalue weighted by atomic mass is 19.1. The van der Waals surface area contributed by atoms with Crippen molar-refractivity contribution in [1.29, 1.82) is 0 Å². The second-order valence-corrected chi connectivity index (χ2v) is 7.83. The van der Waals surface area contributed by atoms with Crippen LogP contribution in [0.4, 0.5) is 4.39 Å². The summed E-state index contributed by atoms with van der Waals surface area (Å²) in [5, 5.41) is 9.25. The predicted molar refractivity (Wildman–Crippen MR) is 101 cm³/mol. The van der Waals surface area contributed by atoms with Crippen molar-refractivity contribution in [2.45, 2.75) is 25.9 Å². The molecular weight excluding hydrogens is 345 g/mol. The zero-order chi connectivity index (χ0) is 19.0. The van der Waals surface area contributed by atoms with Crippen molar-refractivity contribution in [3.63, 3.8) is 0 Å². The first-order valence-corrected chi connectivity index (χ1v) is 9.45. The Morgan fingerprint density at radius 3 is 2.44 bits per heavy atom. The summed E-state index contributed by atoms with van der Waals surface area (Å²) in [7, 11) is 0. The minimum Gasteiger partial charge on any atom is -0.505 e. The van der Waals surface area contributed by atoms with Crippen molar-refractivity contribution in [3.05, 3.63) is 59.4 Å². The molecule has 4 rings (SSSR count). The highest BCUT2D eigenvalue weighted by Crippen LogP contribution is 2.39. The molecule has 142 valence electrons. The predicted octanol–water partition coefficient (Wildman–Crippen LogP) is 3.81. The molecule has 2 aromatic carbocycles. The zero-order valence-electron chi connectivity index (χ0n) is 15.4. The lowest BCUT2D eigenvalue weighted by Gasteiger charge is -2.19. The van der Waals surface area contributed by atoms with Gasteiger partial charge in [0, 0.05) is 18.7 Å². The highest BCUT2D eigenvalue weighted by Gasteiger charge is 2.42. The molecule has 1 heterocycles. The SMILES string of the molecule is Cc1ccc(OC2C[C@@H]3CN(CC(=O)c4ccc(O)c(F)c4)C[C@@H]3C2)cc1. The topological polar surface area (TPSA) is 49.8 Å². The first-order chi connectivity index (χ1) is 13.0. The van der Waals surface area contributed by atoms with E-state index < -0.39 is 11.6 Å². The molecule has 5 heteroatoms. The van der Waals surface area contributed by atoms with Crippen molar-refractivity contribution in [3.8, 4) is 11.5 Å². The number of hydrogen-bond acceptors (Lipinski definition) is 4. The number of aromatic hydroxyl groups is 1. The van der Waals surface area contributed by atoms with Crippen molar-refractivity contribution in [1.82, 2.24) is 4.90 Å². The molecule has 0 spiro atoms. The van der Waals surface area contributed by atoms with Gasteiger partial charge in [0.25, 0.3) is 0 Å². The van der Waals surface area contributed by atoms with E-state index in [1.807, 2.05) is 12.1 Å². The number of phenolic OH excluding ortho intramolecular Hbond substituents is 1. The molecule has 4 nitrogen and oxygen atoms in total. The summed E-state index contributed by atoms with van der Waals surface area (Å²) < 4.78 is 19.6. The number of ketones is 1. The molecule has 1 aliphatic carbocycles. The third-order valence-corrected chi connectivity index (χ3v) is 5.74. The van der Waals surface area contributed by atoms with Gasteiger partial charge in [0.05, 0.1) is 12.6 Å². The number of carbonyl (C=O) groups excluding carboxylic acids is 1. The molecule has 1 saturated carbocycles. The number of halogens is 1. The number of benzene rings is 2. The maximum Gasteiger partial charge on any atom is 0.176 e. The second-order valence-electron chi connectivity index (χ2n) is 7.83. The Balaban J connectivity index is 1.30. The Morgan fingerprint density at radius 2 is 1.81 bits per heavy atom. The molecule has 2 fully saturated rings. The van der Waals surface area contributed by atoms with E-state index in [4.69, 9.17) is 4.74 Å². The van der Waals surface area contributed by atoms with Gasteiger partial charge in [0.1, 0.15) is 5.75 Å². The van der Waals surface area contributed by atoms with Crippen LogP contribution in [0, 0.1) is 24.6 Å². The average Bonchev–Trinajstić information content (AvgIpc) is 3.17. The Hall–Kier alpha value is -2.40. The maximum absolute atomic E-state index is 13.5. The van der Waals surface area contributed by atoms with E-state index in [-0.39, 0.29) is 11.9 Å². The Labute approximate surface area is 158 Å². The highest BCUT2D eigenvalue weighted by molar-refractivity contribution is 5.97. The molecule has 1 aliphatic heterocycles. The smallest absolute Gasteiger partial charge is 0.176 e. The van der Waals surface area contributed by atoms with Crippen LogP contribution in [0.3, 0.4) is 0 Å². The van der Waals surface area contributed by atoms with Gasteiger partial charge in [-0.3, -0.25) is 9.69 Å². The molecule has 3 atom stereocenters. The first-order valence-electron chi connectivity index (χ1n) is 9.45. The van der Waals surface area contributed by atoms with Gasteiger partial charge in [0.2, 0.25) is 0 Å². The number of phenols is 1. The summed E-state index contributed by atoms with van der Waals surface area (Å²) in [6, 6.07) is 12.0. The molecule has 1 saturated heterocycles. The van der Waals surface area contributed by atoms with Gasteiger partial charge in [-0.05, 0) is 61.9 Å². The number of fused-ring (bicyclic) bond motifs is 1. The van der Waals surface area contributed by atoms with Crippen LogP contribution in [-0.2, 0) is 0 Å². The van der Waals surface area contributed by atoms with Gasteiger partial charge < -0.3 is 9.84 Å². The van der Waals surface area contributed by atoms with E-state index in [1.54, 1.807) is 0 Å². The molecule has 27 heavy (non-hydrogen) atoms. The molecule has 0 amide bonds. The van der Waals surface area contributed by atoms with Gasteiger partial charge in [-0.15, -0.1) is 0 Å². The van der Waals surface area contributed by atoms with E-state index in [2.05, 4.69) is 24.0 Å². The van der Waals surface area contributed by atoms with Crippen LogP contribution >= 0.6 is 0 Å². The fraction of sp³-hybridized carbons (Fsp3) is 0.409. The molecule has 0 radical (unpaired) electrons. The number of Topliss-reactive ketones (excluding diaryl/α,β-unsaturated/α-hetero) is 1. The van der Waals surface area contributed by atoms with Gasteiger partial charge in [0.15, 0.2) is 17.3 Å². The number of carbonyl (C=O) groups is 1. The number of hydrogen-bond donors (Lipinski definition) is 1. The van der Waals surface area contributed by atoms with Crippen LogP contribution in [0.25, 0.3) is 0 Å². The quantitative estimate of drug-likeness (QED) is 0.815. The van der Waals surface area contributed by atoms with Gasteiger partial charge in [-0.25, -0.2) is 4.39 Å². The van der Waals surface area contributed by atoms with Gasteiger partial charge in [-0.1, -0.05) is 17.7 Å². The lowest BCUT2D eigenvalue weighted by molar-refractivity contribution is 0.0936. The third kappa shape index (κ3) is 3.98. The van der Waals surface area contributed by atoms with Crippen LogP contribution in [0.5, 0.6) is 11.5 Å². The summed E-state index contributed by atoms with van der Waals surface area (Å²) in [5.74, 6) is 0.722. The van der Waals surface area contributed by atoms with E-state index in [0.717, 1.165) is 37.7 Å². The zero-order valence-corrected chi connectivity index (χ0v) is 15.4. The summed E-state index contributed by atoms with van der Waals surface area (Å²) in [4.78, 5) is 14.6. The van der Waals surface area contributed by atoms with Crippen LogP contribution < -0.4 is 4.74 Å². The van der Waals surface area contributed by atoms with E-state index in [1.165, 1.54) is 17.7 Å². The number of rotatable bonds is 5. The number of nitrogens with zero attached hydrogens (tertiary/aromatic N) is 1. The van der Waals surface area contributed by atoms with Crippen molar-refractivity contribution in [2.75, 3.05) is 19.6 Å². The number of ether oxygens (including phenoxy) is 1. The molecule has 2 aliphatic rings. The third-order valence-electron chi connectivity index (χ3n) is 5.74. The Morgan fingerprint density at radius 1 is 1.15 bits per heavy atom. The molecule has 1 N–H and O–H groups in total. The molecule has 1 unspecified atom stereocenters. The minimum absolute atomic E-state index is 0.110. The van der Waals surface area contributed by atoms with Crippen LogP contribution in [0.1, 0.15) is 28.8 Å². The molecule has 0 aromatic heterocycles. The van der Waals surface area contributed by atoms with Crippen molar-refractivity contribution in [2.24, 2.45) is 11.8 Å². The first kappa shape index (κ1) is 18.0. The van der Waals surface area contributed by atoms with E-state index >= 15 is 0 Å². The standard InChI is InChI=1S/C22H24FNO3/c1-14-2-5-18(6-3-14)27-19-8-16-11-24(12-17(16)9-19)13-22(26)15-4-7-21(25)20(23)10-15/h2-7,10,16-17,19,25H,8-9,11-13H2,1H3/t16-,17+,19?. The van der Waals surface area contributed by atoms with Crippen molar-refractivity contribution < 1.29 is 19.0 Å². The van der Waals surface area contributed by atoms with Gasteiger partial charge >= 0.3 is 0 Å². The monoisotopic (exact) mass is 369 g/mol. The normalized spacial score (nSPS) is 24.7. The van der Waals surface area contributed by atoms with Crippen molar-refractivity contribution >= 4 is 5.78 Å². The summed E-state index contributed by atoms with van der Waals surface area (Å²) in [5.41, 5.74) is 1.53. The summed E-state index contributed by atoms with van der Waals surface area (Å²) in [6.45, 7) is 4.11. The number of likely N-dealkylation sites (tertiary alicyclic amines) is 1. The van der Waals surface area contributed by atoms with Crippen LogP contribution in [0.2, 0.25) is 0 Å². The minimum atomic E-state index is -0.754. The van der Waals surface area contributed by atoms with E-state index in [0.29, 0.717) is 23.9 Å². The molecule has 2 aromatic rings. The largest absolute Gasteiger partial charge is 0.505 e. The average molecular weight is 369 g/mol. The summed E-state index contributed by atoms with van der Waals surface area (Å²) in [6.07, 6.45) is 2.26. The Kier molecular flexibility index (Phi) is 4.87. The fourth-order valence-electron chi connectivity index (χ4n) is 4.35. The van der Waals surface area contributed by atoms with E-state index in [9.17, 15) is 14.3 Å². The summed E-state index contributed by atoms with van der Waals surface area (Å²) >= 11 is 0. The van der Waals surface area contributed by atoms with Gasteiger partial charge in [-0.2, -0.15) is 0 Å². The fourth-order valence-corrected chi connectivity index (χ4v) is 4.35. The molecule has 0 bridgehead atoms. The number of aryl methyl sites for hydroxylation is 1. The maximum atomic E-state index is 13.5. The lowest BCUT2D eigenvalue weighted by Crippen LogP contribution is -2.30.